The number of nitro groups is 1. The van der Waals surface area contributed by atoms with Crippen LogP contribution in [0.2, 0.25) is 0 Å². The quantitative estimate of drug-likeness (QED) is 0.119. The fraction of sp³-hybridized carbons (Fsp3) is 0.222. The summed E-state index contributed by atoms with van der Waals surface area (Å²) in [6.07, 6.45) is 0. The Morgan fingerprint density at radius 3 is 1.73 bits per heavy atom. The van der Waals surface area contributed by atoms with E-state index in [4.69, 9.17) is 0 Å². The zero-order valence-electron chi connectivity index (χ0n) is 27.9. The molecule has 2 aliphatic rings. The molecular formula is C36H35N9O4. The summed E-state index contributed by atoms with van der Waals surface area (Å²) >= 11 is 0. The van der Waals surface area contributed by atoms with E-state index in [2.05, 4.69) is 59.7 Å². The number of carbonyl (C=O) groups is 2. The van der Waals surface area contributed by atoms with E-state index in [1.165, 1.54) is 12.1 Å². The van der Waals surface area contributed by atoms with Crippen LogP contribution in [-0.4, -0.2) is 64.9 Å². The van der Waals surface area contributed by atoms with Crippen molar-refractivity contribution in [1.82, 2.24) is 19.9 Å². The molecule has 2 amide bonds. The van der Waals surface area contributed by atoms with Crippen LogP contribution in [0.4, 0.5) is 28.4 Å². The number of aromatic nitrogens is 4. The van der Waals surface area contributed by atoms with E-state index in [0.717, 1.165) is 67.2 Å². The molecular weight excluding hydrogens is 622 g/mol. The number of fused-ring (bicyclic) bond motifs is 4. The highest BCUT2D eigenvalue weighted by molar-refractivity contribution is 6.06. The molecule has 4 aromatic carbocycles. The maximum atomic E-state index is 11.8. The van der Waals surface area contributed by atoms with Crippen molar-refractivity contribution in [3.8, 4) is 22.8 Å². The van der Waals surface area contributed by atoms with Gasteiger partial charge in [-0.3, -0.25) is 19.7 Å². The third-order valence-corrected chi connectivity index (χ3v) is 9.13. The van der Waals surface area contributed by atoms with Crippen LogP contribution in [0.5, 0.6) is 0 Å². The first-order valence-corrected chi connectivity index (χ1v) is 15.8. The number of nitro benzene ring substituents is 1. The van der Waals surface area contributed by atoms with E-state index in [1.807, 2.05) is 71.2 Å². The van der Waals surface area contributed by atoms with Gasteiger partial charge in [-0.15, -0.1) is 0 Å². The Hall–Kier alpha value is -6.24. The van der Waals surface area contributed by atoms with E-state index in [9.17, 15) is 19.7 Å². The predicted molar refractivity (Wildman–Crippen MR) is 192 cm³/mol. The van der Waals surface area contributed by atoms with Gasteiger partial charge >= 0.3 is 0 Å². The van der Waals surface area contributed by atoms with E-state index >= 15 is 0 Å². The topological polar surface area (TPSA) is 165 Å². The van der Waals surface area contributed by atoms with Crippen molar-refractivity contribution in [1.29, 1.82) is 0 Å². The van der Waals surface area contributed by atoms with Gasteiger partial charge in [0.1, 0.15) is 11.6 Å². The molecule has 2 aliphatic heterocycles. The fourth-order valence-electron chi connectivity index (χ4n) is 6.23. The normalized spacial score (nSPS) is 16.1. The summed E-state index contributed by atoms with van der Waals surface area (Å²) in [4.78, 5) is 54.1. The van der Waals surface area contributed by atoms with E-state index in [-0.39, 0.29) is 29.3 Å². The third kappa shape index (κ3) is 5.58. The second-order valence-electron chi connectivity index (χ2n) is 12.8. The lowest BCUT2D eigenvalue weighted by molar-refractivity contribution is -0.384. The Balaban J connectivity index is 0.000000155. The number of rotatable bonds is 5. The van der Waals surface area contributed by atoms with Crippen molar-refractivity contribution in [2.24, 2.45) is 0 Å². The Bertz CT molecular complexity index is 2300. The van der Waals surface area contributed by atoms with Crippen molar-refractivity contribution in [2.75, 3.05) is 48.6 Å². The number of benzene rings is 4. The minimum Gasteiger partial charge on any atom is -0.378 e. The lowest BCUT2D eigenvalue weighted by Gasteiger charge is -2.15. The number of hydrogen-bond donors (Lipinski definition) is 4. The standard InChI is InChI=1S/C18H17N5O3.C18H18N4O/c1-9-12-7-14-15(8-13(12)21-18(9)24)20-17(19-14)11-5-4-10(23(25)26)6-16(11)22(2)3;1-10-13-8-15-16(9-14(13)21-18(10)23)20-17(19-15)11-4-6-12(7-5-11)22(2)3/h4-9H,1-3H3,(H,19,20)(H,21,24);4-10H,1-3H3,(H,19,20)(H,21,23). The first-order chi connectivity index (χ1) is 23.4. The molecule has 0 saturated carbocycles. The zero-order valence-corrected chi connectivity index (χ0v) is 27.9. The zero-order chi connectivity index (χ0) is 34.7. The molecule has 0 bridgehead atoms. The Morgan fingerprint density at radius 1 is 0.694 bits per heavy atom. The number of aromatic amines is 2. The van der Waals surface area contributed by atoms with Gasteiger partial charge in [-0.25, -0.2) is 9.97 Å². The van der Waals surface area contributed by atoms with Crippen LogP contribution in [0, 0.1) is 10.1 Å². The summed E-state index contributed by atoms with van der Waals surface area (Å²) in [5, 5.41) is 16.8. The molecule has 2 unspecified atom stereocenters. The molecule has 13 nitrogen and oxygen atoms in total. The number of H-pyrrole nitrogens is 2. The van der Waals surface area contributed by atoms with Gasteiger partial charge in [-0.1, -0.05) is 0 Å². The summed E-state index contributed by atoms with van der Waals surface area (Å²) in [6, 6.07) is 20.7. The number of anilines is 4. The molecule has 248 valence electrons. The molecule has 0 spiro atoms. The van der Waals surface area contributed by atoms with Gasteiger partial charge in [0.15, 0.2) is 0 Å². The average molecular weight is 658 g/mol. The Kier molecular flexibility index (Phi) is 7.54. The lowest BCUT2D eigenvalue weighted by Crippen LogP contribution is -2.10. The molecule has 4 heterocycles. The molecule has 0 radical (unpaired) electrons. The number of nitrogens with one attached hydrogen (secondary N) is 4. The number of carbonyl (C=O) groups excluding carboxylic acids is 2. The van der Waals surface area contributed by atoms with Gasteiger partial charge in [0, 0.05) is 68.5 Å². The first kappa shape index (κ1) is 31.4. The fourth-order valence-corrected chi connectivity index (χ4v) is 6.23. The van der Waals surface area contributed by atoms with Gasteiger partial charge in [0.05, 0.1) is 44.5 Å². The molecule has 49 heavy (non-hydrogen) atoms. The van der Waals surface area contributed by atoms with Crippen LogP contribution in [0.1, 0.15) is 36.8 Å². The van der Waals surface area contributed by atoms with Gasteiger partial charge in [0.2, 0.25) is 11.8 Å². The SMILES string of the molecule is CC1C(=O)Nc2cc3[nH]c(-c4ccc(N(C)C)cc4)nc3cc21.CC1C(=O)Nc2cc3[nH]c(-c4ccc([N+](=O)[O-])cc4N(C)C)nc3cc21. The van der Waals surface area contributed by atoms with Gasteiger partial charge in [-0.05, 0) is 79.6 Å². The summed E-state index contributed by atoms with van der Waals surface area (Å²) in [5.74, 6) is 1.18. The van der Waals surface area contributed by atoms with Crippen molar-refractivity contribution >= 4 is 62.3 Å². The van der Waals surface area contributed by atoms with Crippen LogP contribution >= 0.6 is 0 Å². The van der Waals surface area contributed by atoms with Crippen molar-refractivity contribution in [3.63, 3.8) is 0 Å². The minimum absolute atomic E-state index is 0.0156. The highest BCUT2D eigenvalue weighted by Gasteiger charge is 2.29. The number of hydrogen-bond acceptors (Lipinski definition) is 8. The summed E-state index contributed by atoms with van der Waals surface area (Å²) in [5.41, 5.74) is 10.7. The van der Waals surface area contributed by atoms with Gasteiger partial charge in [-0.2, -0.15) is 0 Å². The van der Waals surface area contributed by atoms with Crippen molar-refractivity contribution in [3.05, 3.63) is 88.0 Å². The molecule has 2 atom stereocenters. The van der Waals surface area contributed by atoms with Crippen LogP contribution < -0.4 is 20.4 Å². The van der Waals surface area contributed by atoms with Crippen LogP contribution in [0.25, 0.3) is 44.8 Å². The third-order valence-electron chi connectivity index (χ3n) is 9.13. The van der Waals surface area contributed by atoms with Gasteiger partial charge in [0.25, 0.3) is 5.69 Å². The highest BCUT2D eigenvalue weighted by atomic mass is 16.6. The maximum Gasteiger partial charge on any atom is 0.271 e. The first-order valence-electron chi connectivity index (χ1n) is 15.8. The molecule has 0 saturated heterocycles. The number of imidazole rings is 2. The molecule has 13 heteroatoms. The highest BCUT2D eigenvalue weighted by Crippen LogP contribution is 2.38. The van der Waals surface area contributed by atoms with Crippen molar-refractivity contribution < 1.29 is 14.5 Å². The Morgan fingerprint density at radius 2 is 1.22 bits per heavy atom. The molecule has 8 rings (SSSR count). The molecule has 6 aromatic rings. The average Bonchev–Trinajstić information content (AvgIpc) is 3.82. The predicted octanol–water partition coefficient (Wildman–Crippen LogP) is 6.61. The van der Waals surface area contributed by atoms with E-state index < -0.39 is 4.92 Å². The summed E-state index contributed by atoms with van der Waals surface area (Å²) in [6.45, 7) is 3.78. The van der Waals surface area contributed by atoms with Crippen LogP contribution in [0.15, 0.2) is 66.7 Å². The van der Waals surface area contributed by atoms with Crippen LogP contribution in [0.3, 0.4) is 0 Å². The summed E-state index contributed by atoms with van der Waals surface area (Å²) < 4.78 is 0. The largest absolute Gasteiger partial charge is 0.378 e. The molecule has 4 N–H and O–H groups in total. The molecule has 0 aliphatic carbocycles. The minimum atomic E-state index is -0.413. The second-order valence-corrected chi connectivity index (χ2v) is 12.8. The van der Waals surface area contributed by atoms with E-state index in [1.54, 1.807) is 6.07 Å². The smallest absolute Gasteiger partial charge is 0.271 e. The Labute approximate surface area is 281 Å². The summed E-state index contributed by atoms with van der Waals surface area (Å²) in [7, 11) is 7.70. The van der Waals surface area contributed by atoms with Gasteiger partial charge < -0.3 is 30.4 Å². The molecule has 0 fully saturated rings. The maximum absolute atomic E-state index is 11.8. The number of amides is 2. The number of non-ortho nitro benzene ring substituents is 1. The lowest BCUT2D eigenvalue weighted by atomic mass is 10.0. The number of nitrogens with zero attached hydrogens (tertiary/aromatic N) is 5. The van der Waals surface area contributed by atoms with Crippen molar-refractivity contribution in [2.45, 2.75) is 25.7 Å². The van der Waals surface area contributed by atoms with E-state index in [0.29, 0.717) is 11.5 Å². The van der Waals surface area contributed by atoms with Crippen LogP contribution in [-0.2, 0) is 9.59 Å². The monoisotopic (exact) mass is 657 g/mol. The second kappa shape index (κ2) is 11.8. The molecule has 2 aromatic heterocycles.